The quantitative estimate of drug-likeness (QED) is 0.866. The number of aromatic amines is 1. The second kappa shape index (κ2) is 5.68. The molecule has 0 unspecified atom stereocenters. The molecule has 3 rings (SSSR count). The third kappa shape index (κ3) is 2.93. The van der Waals surface area contributed by atoms with Crippen LogP contribution in [0.2, 0.25) is 0 Å². The van der Waals surface area contributed by atoms with Crippen molar-refractivity contribution in [1.29, 1.82) is 0 Å². The minimum atomic E-state index is -0.152. The predicted molar refractivity (Wildman–Crippen MR) is 74.4 cm³/mol. The lowest BCUT2D eigenvalue weighted by atomic mass is 10.2. The fourth-order valence-corrected chi connectivity index (χ4v) is 2.34. The van der Waals surface area contributed by atoms with Gasteiger partial charge in [-0.05, 0) is 37.1 Å². The van der Waals surface area contributed by atoms with E-state index in [1.54, 1.807) is 0 Å². The SMILES string of the molecule is O=C(Cc1nn[nH]n1)Nc1ccc(N2CCCC2)cc1. The molecule has 1 fully saturated rings. The van der Waals surface area contributed by atoms with E-state index in [0.717, 1.165) is 18.8 Å². The first kappa shape index (κ1) is 12.6. The van der Waals surface area contributed by atoms with Crippen molar-refractivity contribution in [3.8, 4) is 0 Å². The van der Waals surface area contributed by atoms with Crippen LogP contribution in [0.5, 0.6) is 0 Å². The van der Waals surface area contributed by atoms with Gasteiger partial charge >= 0.3 is 0 Å². The minimum absolute atomic E-state index is 0.115. The lowest BCUT2D eigenvalue weighted by Crippen LogP contribution is -2.18. The van der Waals surface area contributed by atoms with Crippen LogP contribution in [0.25, 0.3) is 0 Å². The molecule has 1 amide bonds. The number of amides is 1. The Kier molecular flexibility index (Phi) is 3.58. The second-order valence-corrected chi connectivity index (χ2v) is 4.79. The third-order valence-corrected chi connectivity index (χ3v) is 3.33. The summed E-state index contributed by atoms with van der Waals surface area (Å²) < 4.78 is 0. The first-order valence-corrected chi connectivity index (χ1v) is 6.68. The van der Waals surface area contributed by atoms with Gasteiger partial charge in [0, 0.05) is 24.5 Å². The molecule has 0 atom stereocenters. The van der Waals surface area contributed by atoms with Crippen molar-refractivity contribution in [2.45, 2.75) is 19.3 Å². The number of aromatic nitrogens is 4. The highest BCUT2D eigenvalue weighted by Gasteiger charge is 2.12. The lowest BCUT2D eigenvalue weighted by molar-refractivity contribution is -0.115. The molecule has 0 saturated carbocycles. The van der Waals surface area contributed by atoms with Gasteiger partial charge in [-0.15, -0.1) is 10.2 Å². The van der Waals surface area contributed by atoms with Crippen LogP contribution < -0.4 is 10.2 Å². The van der Waals surface area contributed by atoms with E-state index in [1.165, 1.54) is 18.5 Å². The number of carbonyl (C=O) groups is 1. The molecule has 7 nitrogen and oxygen atoms in total. The van der Waals surface area contributed by atoms with E-state index in [2.05, 4.69) is 30.8 Å². The maximum absolute atomic E-state index is 11.8. The zero-order chi connectivity index (χ0) is 13.8. The molecule has 1 aromatic carbocycles. The molecule has 20 heavy (non-hydrogen) atoms. The highest BCUT2D eigenvalue weighted by atomic mass is 16.1. The fourth-order valence-electron chi connectivity index (χ4n) is 2.34. The Morgan fingerprint density at radius 3 is 2.65 bits per heavy atom. The number of carbonyl (C=O) groups excluding carboxylic acids is 1. The van der Waals surface area contributed by atoms with E-state index in [1.807, 2.05) is 24.3 Å². The third-order valence-electron chi connectivity index (χ3n) is 3.33. The van der Waals surface area contributed by atoms with Crippen molar-refractivity contribution in [2.75, 3.05) is 23.3 Å². The highest BCUT2D eigenvalue weighted by Crippen LogP contribution is 2.21. The van der Waals surface area contributed by atoms with Crippen LogP contribution >= 0.6 is 0 Å². The van der Waals surface area contributed by atoms with Gasteiger partial charge in [0.15, 0.2) is 5.82 Å². The maximum Gasteiger partial charge on any atom is 0.232 e. The van der Waals surface area contributed by atoms with Crippen molar-refractivity contribution in [2.24, 2.45) is 0 Å². The first-order chi connectivity index (χ1) is 9.81. The molecule has 7 heteroatoms. The Bertz CT molecular complexity index is 559. The van der Waals surface area contributed by atoms with Gasteiger partial charge in [-0.2, -0.15) is 5.21 Å². The Morgan fingerprint density at radius 2 is 2.00 bits per heavy atom. The van der Waals surface area contributed by atoms with Gasteiger partial charge in [-0.25, -0.2) is 0 Å². The summed E-state index contributed by atoms with van der Waals surface area (Å²) in [5, 5.41) is 16.1. The van der Waals surface area contributed by atoms with E-state index in [0.29, 0.717) is 5.82 Å². The fraction of sp³-hybridized carbons (Fsp3) is 0.385. The van der Waals surface area contributed by atoms with Crippen LogP contribution in [0.4, 0.5) is 11.4 Å². The molecule has 1 saturated heterocycles. The second-order valence-electron chi connectivity index (χ2n) is 4.79. The van der Waals surface area contributed by atoms with Crippen LogP contribution in [0, 0.1) is 0 Å². The molecule has 1 aliphatic rings. The van der Waals surface area contributed by atoms with Crippen LogP contribution in [0.15, 0.2) is 24.3 Å². The van der Waals surface area contributed by atoms with Crippen molar-refractivity contribution in [3.63, 3.8) is 0 Å². The van der Waals surface area contributed by atoms with Gasteiger partial charge in [-0.3, -0.25) is 4.79 Å². The highest BCUT2D eigenvalue weighted by molar-refractivity contribution is 5.91. The number of nitrogens with zero attached hydrogens (tertiary/aromatic N) is 4. The van der Waals surface area contributed by atoms with Crippen LogP contribution in [0.3, 0.4) is 0 Å². The number of H-pyrrole nitrogens is 1. The Morgan fingerprint density at radius 1 is 1.25 bits per heavy atom. The van der Waals surface area contributed by atoms with Gasteiger partial charge in [0.25, 0.3) is 0 Å². The molecular formula is C13H16N6O. The van der Waals surface area contributed by atoms with Crippen molar-refractivity contribution < 1.29 is 4.79 Å². The summed E-state index contributed by atoms with van der Waals surface area (Å²) in [7, 11) is 0. The molecule has 104 valence electrons. The lowest BCUT2D eigenvalue weighted by Gasteiger charge is -2.17. The zero-order valence-electron chi connectivity index (χ0n) is 11.0. The number of nitrogens with one attached hydrogen (secondary N) is 2. The molecule has 0 aliphatic carbocycles. The zero-order valence-corrected chi connectivity index (χ0v) is 11.0. The summed E-state index contributed by atoms with van der Waals surface area (Å²) in [6, 6.07) is 7.91. The minimum Gasteiger partial charge on any atom is -0.372 e. The molecule has 1 aliphatic heterocycles. The van der Waals surface area contributed by atoms with Crippen LogP contribution in [-0.2, 0) is 11.2 Å². The number of tetrazole rings is 1. The molecule has 2 N–H and O–H groups in total. The molecular weight excluding hydrogens is 256 g/mol. The summed E-state index contributed by atoms with van der Waals surface area (Å²) in [6.45, 7) is 2.23. The van der Waals surface area contributed by atoms with E-state index in [9.17, 15) is 4.79 Å². The van der Waals surface area contributed by atoms with Crippen LogP contribution in [-0.4, -0.2) is 39.6 Å². The number of hydrogen-bond donors (Lipinski definition) is 2. The number of rotatable bonds is 4. The Balaban J connectivity index is 1.58. The van der Waals surface area contributed by atoms with Gasteiger partial charge < -0.3 is 10.2 Å². The monoisotopic (exact) mass is 272 g/mol. The smallest absolute Gasteiger partial charge is 0.232 e. The van der Waals surface area contributed by atoms with E-state index >= 15 is 0 Å². The summed E-state index contributed by atoms with van der Waals surface area (Å²) in [5.74, 6) is 0.233. The maximum atomic E-state index is 11.8. The van der Waals surface area contributed by atoms with E-state index in [-0.39, 0.29) is 12.3 Å². The van der Waals surface area contributed by atoms with Crippen molar-refractivity contribution >= 4 is 17.3 Å². The van der Waals surface area contributed by atoms with Crippen molar-refractivity contribution in [3.05, 3.63) is 30.1 Å². The first-order valence-electron chi connectivity index (χ1n) is 6.68. The number of benzene rings is 1. The largest absolute Gasteiger partial charge is 0.372 e. The molecule has 1 aromatic heterocycles. The summed E-state index contributed by atoms with van der Waals surface area (Å²) in [5.41, 5.74) is 1.99. The van der Waals surface area contributed by atoms with Gasteiger partial charge in [0.2, 0.25) is 5.91 Å². The normalized spacial score (nSPS) is 14.5. The summed E-state index contributed by atoms with van der Waals surface area (Å²) in [4.78, 5) is 14.1. The average Bonchev–Trinajstić information content (AvgIpc) is 3.12. The summed E-state index contributed by atoms with van der Waals surface area (Å²) >= 11 is 0. The molecule has 0 spiro atoms. The summed E-state index contributed by atoms with van der Waals surface area (Å²) in [6.07, 6.45) is 2.62. The van der Waals surface area contributed by atoms with Gasteiger partial charge in [-0.1, -0.05) is 5.21 Å². The molecule has 0 bridgehead atoms. The molecule has 2 heterocycles. The van der Waals surface area contributed by atoms with Crippen LogP contribution in [0.1, 0.15) is 18.7 Å². The standard InChI is InChI=1S/C13H16N6O/c20-13(9-12-15-17-18-16-12)14-10-3-5-11(6-4-10)19-7-1-2-8-19/h3-6H,1-2,7-9H2,(H,14,20)(H,15,16,17,18). The number of anilines is 2. The molecule has 0 radical (unpaired) electrons. The van der Waals surface area contributed by atoms with Crippen molar-refractivity contribution in [1.82, 2.24) is 20.6 Å². The average molecular weight is 272 g/mol. The predicted octanol–water partition coefficient (Wildman–Crippen LogP) is 0.981. The Labute approximate surface area is 116 Å². The molecule has 2 aromatic rings. The number of hydrogen-bond acceptors (Lipinski definition) is 5. The van der Waals surface area contributed by atoms with Gasteiger partial charge in [0.1, 0.15) is 0 Å². The van der Waals surface area contributed by atoms with E-state index < -0.39 is 0 Å². The van der Waals surface area contributed by atoms with E-state index in [4.69, 9.17) is 0 Å². The topological polar surface area (TPSA) is 86.8 Å². The Hall–Kier alpha value is -2.44. The van der Waals surface area contributed by atoms with Gasteiger partial charge in [0.05, 0.1) is 6.42 Å².